The molecule has 0 amide bonds. The molecule has 15 heavy (non-hydrogen) atoms. The fourth-order valence-corrected chi connectivity index (χ4v) is 1.63. The lowest BCUT2D eigenvalue weighted by Crippen LogP contribution is -2.55. The number of ether oxygens (including phenoxy) is 1. The maximum absolute atomic E-state index is 9.59. The molecule has 0 unspecified atom stereocenters. The molecule has 1 radical (unpaired) electrons. The van der Waals surface area contributed by atoms with Crippen LogP contribution < -0.4 is 0 Å². The van der Waals surface area contributed by atoms with E-state index in [0.717, 1.165) is 12.8 Å². The summed E-state index contributed by atoms with van der Waals surface area (Å²) in [6, 6.07) is 0. The van der Waals surface area contributed by atoms with E-state index in [1.54, 1.807) is 0 Å². The number of hydrogen-bond donors (Lipinski definition) is 4. The second-order valence-corrected chi connectivity index (χ2v) is 3.83. The van der Waals surface area contributed by atoms with Gasteiger partial charge in [-0.25, -0.2) is 0 Å². The smallest absolute Gasteiger partial charge is 0.129 e. The normalized spacial score (nSPS) is 38.2. The molecule has 0 bridgehead atoms. The quantitative estimate of drug-likeness (QED) is 0.496. The van der Waals surface area contributed by atoms with Gasteiger partial charge in [0, 0.05) is 0 Å². The van der Waals surface area contributed by atoms with Crippen molar-refractivity contribution in [1.82, 2.24) is 0 Å². The van der Waals surface area contributed by atoms with Gasteiger partial charge in [0.25, 0.3) is 0 Å². The Morgan fingerprint density at radius 2 is 1.87 bits per heavy atom. The molecule has 1 aliphatic rings. The Kier molecular flexibility index (Phi) is 4.95. The van der Waals surface area contributed by atoms with Crippen molar-refractivity contribution in [2.45, 2.75) is 50.6 Å². The van der Waals surface area contributed by atoms with Crippen LogP contribution in [0.4, 0.5) is 0 Å². The second kappa shape index (κ2) is 5.77. The monoisotopic (exact) mass is 219 g/mol. The van der Waals surface area contributed by atoms with Crippen molar-refractivity contribution in [2.75, 3.05) is 6.61 Å². The van der Waals surface area contributed by atoms with E-state index in [-0.39, 0.29) is 6.61 Å². The molecule has 5 nitrogen and oxygen atoms in total. The lowest BCUT2D eigenvalue weighted by Gasteiger charge is -2.39. The minimum atomic E-state index is -1.28. The third-order valence-electron chi connectivity index (χ3n) is 2.64. The highest BCUT2D eigenvalue weighted by Gasteiger charge is 2.43. The number of hydrogen-bond acceptors (Lipinski definition) is 5. The molecule has 1 rings (SSSR count). The van der Waals surface area contributed by atoms with Crippen molar-refractivity contribution >= 4 is 0 Å². The van der Waals surface area contributed by atoms with Gasteiger partial charge in [-0.05, 0) is 6.42 Å². The first-order valence-electron chi connectivity index (χ1n) is 5.29. The van der Waals surface area contributed by atoms with Crippen molar-refractivity contribution < 1.29 is 25.2 Å². The van der Waals surface area contributed by atoms with Gasteiger partial charge in [0.05, 0.1) is 6.61 Å². The molecule has 0 spiro atoms. The van der Waals surface area contributed by atoms with Crippen molar-refractivity contribution in [1.29, 1.82) is 0 Å². The summed E-state index contributed by atoms with van der Waals surface area (Å²) in [6.07, 6.45) is -1.83. The average Bonchev–Trinajstić information content (AvgIpc) is 2.25. The van der Waals surface area contributed by atoms with Crippen LogP contribution in [0.15, 0.2) is 0 Å². The van der Waals surface area contributed by atoms with Gasteiger partial charge in [0.1, 0.15) is 30.5 Å². The molecule has 5 heteroatoms. The molecule has 0 saturated carbocycles. The van der Waals surface area contributed by atoms with E-state index in [2.05, 4.69) is 0 Å². The van der Waals surface area contributed by atoms with Crippen LogP contribution in [0.25, 0.3) is 0 Å². The lowest BCUT2D eigenvalue weighted by atomic mass is 9.92. The van der Waals surface area contributed by atoms with Gasteiger partial charge in [0.15, 0.2) is 0 Å². The number of rotatable bonds is 4. The van der Waals surface area contributed by atoms with Crippen molar-refractivity contribution in [2.24, 2.45) is 0 Å². The van der Waals surface area contributed by atoms with Crippen LogP contribution in [0.1, 0.15) is 26.2 Å². The Labute approximate surface area is 89.3 Å². The van der Waals surface area contributed by atoms with Crippen molar-refractivity contribution in [3.63, 3.8) is 0 Å². The second-order valence-electron chi connectivity index (χ2n) is 3.83. The van der Waals surface area contributed by atoms with Crippen molar-refractivity contribution in [3.8, 4) is 0 Å². The van der Waals surface area contributed by atoms with Crippen LogP contribution in [0.5, 0.6) is 0 Å². The first-order valence-corrected chi connectivity index (χ1v) is 5.29. The van der Waals surface area contributed by atoms with Gasteiger partial charge >= 0.3 is 0 Å². The van der Waals surface area contributed by atoms with Gasteiger partial charge < -0.3 is 25.2 Å². The zero-order valence-electron chi connectivity index (χ0n) is 8.83. The molecular formula is C10H19O5. The highest BCUT2D eigenvalue weighted by Crippen LogP contribution is 2.29. The van der Waals surface area contributed by atoms with Crippen LogP contribution in [0.2, 0.25) is 0 Å². The third-order valence-corrected chi connectivity index (χ3v) is 2.64. The van der Waals surface area contributed by atoms with Crippen molar-refractivity contribution in [3.05, 3.63) is 6.10 Å². The molecule has 0 aromatic rings. The van der Waals surface area contributed by atoms with E-state index in [1.807, 2.05) is 6.92 Å². The summed E-state index contributed by atoms with van der Waals surface area (Å²) in [4.78, 5) is 0. The lowest BCUT2D eigenvalue weighted by molar-refractivity contribution is -0.192. The zero-order valence-corrected chi connectivity index (χ0v) is 8.83. The van der Waals surface area contributed by atoms with E-state index >= 15 is 0 Å². The first kappa shape index (κ1) is 12.9. The Morgan fingerprint density at radius 1 is 1.20 bits per heavy atom. The molecular weight excluding hydrogens is 200 g/mol. The summed E-state index contributed by atoms with van der Waals surface area (Å²) in [6.45, 7) is 1.63. The van der Waals surface area contributed by atoms with E-state index in [1.165, 1.54) is 0 Å². The standard InChI is InChI=1S/C10H19O5/c1-2-3-4-6-8(12)10(14)9(13)7(5-11)15-6/h7-14H,2-5H2,1H3/t7-,8+,9-,10-/m1/s1. The van der Waals surface area contributed by atoms with Crippen LogP contribution in [0.3, 0.4) is 0 Å². The Hall–Kier alpha value is -0.200. The fraction of sp³-hybridized carbons (Fsp3) is 0.900. The first-order chi connectivity index (χ1) is 7.11. The van der Waals surface area contributed by atoms with E-state index in [0.29, 0.717) is 12.5 Å². The summed E-state index contributed by atoms with van der Waals surface area (Å²) in [5, 5.41) is 37.5. The fourth-order valence-electron chi connectivity index (χ4n) is 1.63. The molecule has 89 valence electrons. The van der Waals surface area contributed by atoms with Crippen LogP contribution in [-0.2, 0) is 4.74 Å². The van der Waals surface area contributed by atoms with E-state index < -0.39 is 24.4 Å². The maximum atomic E-state index is 9.59. The number of aliphatic hydroxyl groups excluding tert-OH is 4. The highest BCUT2D eigenvalue weighted by molar-refractivity contribution is 5.01. The average molecular weight is 219 g/mol. The Balaban J connectivity index is 2.57. The predicted octanol–water partition coefficient (Wildman–Crippen LogP) is -0.818. The van der Waals surface area contributed by atoms with Crippen LogP contribution in [0, 0.1) is 6.10 Å². The van der Waals surface area contributed by atoms with E-state index in [9.17, 15) is 15.3 Å². The summed E-state index contributed by atoms with van der Waals surface area (Å²) in [5.41, 5.74) is 0. The molecule has 1 aliphatic heterocycles. The summed E-state index contributed by atoms with van der Waals surface area (Å²) in [5.74, 6) is 0. The SMILES string of the molecule is CCCC[C]1O[C@H](CO)[C@@H](O)[C@H](O)[C@H]1O. The number of unbranched alkanes of at least 4 members (excludes halogenated alkanes) is 1. The molecule has 4 N–H and O–H groups in total. The summed E-state index contributed by atoms with van der Waals surface area (Å²) < 4.78 is 5.24. The minimum absolute atomic E-state index is 0.355. The topological polar surface area (TPSA) is 90.2 Å². The van der Waals surface area contributed by atoms with Gasteiger partial charge in [-0.15, -0.1) is 0 Å². The van der Waals surface area contributed by atoms with Gasteiger partial charge in [-0.1, -0.05) is 19.8 Å². The molecule has 4 atom stereocenters. The van der Waals surface area contributed by atoms with Crippen LogP contribution >= 0.6 is 0 Å². The molecule has 1 heterocycles. The molecule has 0 aliphatic carbocycles. The Bertz CT molecular complexity index is 185. The zero-order chi connectivity index (χ0) is 11.4. The number of aliphatic hydroxyl groups is 4. The highest BCUT2D eigenvalue weighted by atomic mass is 16.5. The molecule has 1 saturated heterocycles. The minimum Gasteiger partial charge on any atom is -0.394 e. The summed E-state index contributed by atoms with van der Waals surface area (Å²) in [7, 11) is 0. The molecule has 1 fully saturated rings. The van der Waals surface area contributed by atoms with E-state index in [4.69, 9.17) is 9.84 Å². The third kappa shape index (κ3) is 2.89. The molecule has 0 aromatic carbocycles. The maximum Gasteiger partial charge on any atom is 0.129 e. The van der Waals surface area contributed by atoms with Gasteiger partial charge in [-0.2, -0.15) is 0 Å². The Morgan fingerprint density at radius 3 is 2.40 bits per heavy atom. The summed E-state index contributed by atoms with van der Waals surface area (Å²) >= 11 is 0. The largest absolute Gasteiger partial charge is 0.394 e. The van der Waals surface area contributed by atoms with Gasteiger partial charge in [-0.3, -0.25) is 0 Å². The molecule has 0 aromatic heterocycles. The predicted molar refractivity (Wildman–Crippen MR) is 52.7 cm³/mol. The van der Waals surface area contributed by atoms with Crippen LogP contribution in [-0.4, -0.2) is 51.4 Å². The van der Waals surface area contributed by atoms with Gasteiger partial charge in [0.2, 0.25) is 0 Å².